The van der Waals surface area contributed by atoms with E-state index in [-0.39, 0.29) is 12.0 Å². The maximum absolute atomic E-state index is 12.8. The zero-order chi connectivity index (χ0) is 18.5. The molecule has 142 valence electrons. The van der Waals surface area contributed by atoms with Gasteiger partial charge in [0, 0.05) is 38.0 Å². The zero-order valence-electron chi connectivity index (χ0n) is 15.6. The first-order chi connectivity index (χ1) is 13.3. The number of aromatic nitrogens is 2. The highest BCUT2D eigenvalue weighted by molar-refractivity contribution is 5.81. The second kappa shape index (κ2) is 8.48. The summed E-state index contributed by atoms with van der Waals surface area (Å²) >= 11 is 0. The van der Waals surface area contributed by atoms with Gasteiger partial charge in [0.15, 0.2) is 5.82 Å². The minimum Gasteiger partial charge on any atom is -0.376 e. The lowest BCUT2D eigenvalue weighted by molar-refractivity contribution is -0.128. The van der Waals surface area contributed by atoms with E-state index in [1.165, 1.54) is 0 Å². The molecule has 27 heavy (non-hydrogen) atoms. The van der Waals surface area contributed by atoms with E-state index < -0.39 is 0 Å². The molecule has 4 rings (SSSR count). The molecule has 2 fully saturated rings. The molecule has 1 aromatic carbocycles. The van der Waals surface area contributed by atoms with Gasteiger partial charge in [0.1, 0.15) is 5.82 Å². The molecule has 2 aliphatic rings. The van der Waals surface area contributed by atoms with Gasteiger partial charge in [-0.05, 0) is 31.7 Å². The number of rotatable bonds is 6. The molecule has 0 saturated carbocycles. The van der Waals surface area contributed by atoms with Crippen molar-refractivity contribution >= 4 is 11.7 Å². The first-order valence-corrected chi connectivity index (χ1v) is 9.82. The summed E-state index contributed by atoms with van der Waals surface area (Å²) in [6.07, 6.45) is 6.24. The van der Waals surface area contributed by atoms with Crippen LogP contribution in [0.4, 0.5) is 5.82 Å². The van der Waals surface area contributed by atoms with Gasteiger partial charge in [0.2, 0.25) is 5.91 Å². The van der Waals surface area contributed by atoms with E-state index in [1.54, 1.807) is 6.20 Å². The largest absolute Gasteiger partial charge is 0.376 e. The van der Waals surface area contributed by atoms with Crippen molar-refractivity contribution in [2.45, 2.75) is 31.8 Å². The first-order valence-electron chi connectivity index (χ1n) is 9.82. The Labute approximate surface area is 160 Å². The predicted octanol–water partition coefficient (Wildman–Crippen LogP) is 2.75. The van der Waals surface area contributed by atoms with Crippen molar-refractivity contribution in [1.29, 1.82) is 0 Å². The molecular weight excluding hydrogens is 340 g/mol. The van der Waals surface area contributed by atoms with Crippen LogP contribution < -0.4 is 4.90 Å². The number of hydrogen-bond acceptors (Lipinski definition) is 5. The second-order valence-corrected chi connectivity index (χ2v) is 7.21. The molecule has 6 nitrogen and oxygen atoms in total. The quantitative estimate of drug-likeness (QED) is 0.787. The Bertz CT molecular complexity index is 756. The van der Waals surface area contributed by atoms with Crippen molar-refractivity contribution in [3.8, 4) is 11.4 Å². The van der Waals surface area contributed by atoms with Crippen molar-refractivity contribution in [1.82, 2.24) is 14.9 Å². The molecule has 0 unspecified atom stereocenters. The van der Waals surface area contributed by atoms with E-state index in [0.29, 0.717) is 18.9 Å². The van der Waals surface area contributed by atoms with Gasteiger partial charge in [0.05, 0.1) is 12.6 Å². The molecule has 2 aromatic rings. The Morgan fingerprint density at radius 1 is 1.15 bits per heavy atom. The Balaban J connectivity index is 1.56. The number of nitrogens with zero attached hydrogens (tertiary/aromatic N) is 4. The summed E-state index contributed by atoms with van der Waals surface area (Å²) < 4.78 is 5.82. The number of anilines is 1. The van der Waals surface area contributed by atoms with Crippen LogP contribution in [-0.2, 0) is 9.53 Å². The lowest BCUT2D eigenvalue weighted by Gasteiger charge is -2.28. The molecule has 2 aliphatic heterocycles. The summed E-state index contributed by atoms with van der Waals surface area (Å²) in [5.41, 5.74) is 0.974. The van der Waals surface area contributed by atoms with E-state index in [9.17, 15) is 4.79 Å². The van der Waals surface area contributed by atoms with Crippen LogP contribution in [-0.4, -0.2) is 59.7 Å². The average molecular weight is 366 g/mol. The van der Waals surface area contributed by atoms with E-state index in [1.807, 2.05) is 41.3 Å². The minimum atomic E-state index is 0.159. The number of amides is 1. The third-order valence-corrected chi connectivity index (χ3v) is 5.23. The van der Waals surface area contributed by atoms with Gasteiger partial charge in [-0.15, -0.1) is 0 Å². The summed E-state index contributed by atoms with van der Waals surface area (Å²) in [4.78, 5) is 25.9. The topological polar surface area (TPSA) is 58.6 Å². The summed E-state index contributed by atoms with van der Waals surface area (Å²) in [5.74, 6) is 1.64. The number of likely N-dealkylation sites (tertiary alicyclic amines) is 1. The van der Waals surface area contributed by atoms with Crippen molar-refractivity contribution in [2.24, 2.45) is 0 Å². The highest BCUT2D eigenvalue weighted by Crippen LogP contribution is 2.21. The Hall–Kier alpha value is -2.47. The molecule has 0 N–H and O–H groups in total. The first kappa shape index (κ1) is 17.9. The predicted molar refractivity (Wildman–Crippen MR) is 104 cm³/mol. The second-order valence-electron chi connectivity index (χ2n) is 7.21. The van der Waals surface area contributed by atoms with Crippen molar-refractivity contribution < 1.29 is 9.53 Å². The van der Waals surface area contributed by atoms with Gasteiger partial charge >= 0.3 is 0 Å². The molecule has 6 heteroatoms. The Morgan fingerprint density at radius 3 is 2.70 bits per heavy atom. The maximum atomic E-state index is 12.8. The lowest BCUT2D eigenvalue weighted by atomic mass is 10.2. The van der Waals surface area contributed by atoms with Crippen LogP contribution in [0.3, 0.4) is 0 Å². The number of hydrogen-bond donors (Lipinski definition) is 0. The molecular formula is C21H26N4O2. The summed E-state index contributed by atoms with van der Waals surface area (Å²) in [7, 11) is 0. The van der Waals surface area contributed by atoms with Gasteiger partial charge in [-0.25, -0.2) is 9.97 Å². The molecule has 1 atom stereocenters. The molecule has 1 amide bonds. The van der Waals surface area contributed by atoms with Crippen molar-refractivity contribution in [3.05, 3.63) is 42.6 Å². The van der Waals surface area contributed by atoms with Crippen LogP contribution >= 0.6 is 0 Å². The molecule has 1 aromatic heterocycles. The van der Waals surface area contributed by atoms with Crippen LogP contribution in [0.25, 0.3) is 11.4 Å². The van der Waals surface area contributed by atoms with Crippen LogP contribution in [0, 0.1) is 0 Å². The van der Waals surface area contributed by atoms with E-state index in [0.717, 1.165) is 56.8 Å². The normalized spacial score (nSPS) is 19.4. The van der Waals surface area contributed by atoms with E-state index >= 15 is 0 Å². The van der Waals surface area contributed by atoms with Gasteiger partial charge in [-0.3, -0.25) is 4.79 Å². The third kappa shape index (κ3) is 4.45. The minimum absolute atomic E-state index is 0.159. The summed E-state index contributed by atoms with van der Waals surface area (Å²) in [5, 5.41) is 0. The number of carbonyl (C=O) groups is 1. The molecule has 2 saturated heterocycles. The monoisotopic (exact) mass is 366 g/mol. The molecule has 0 spiro atoms. The van der Waals surface area contributed by atoms with Crippen LogP contribution in [0.2, 0.25) is 0 Å². The van der Waals surface area contributed by atoms with Crippen LogP contribution in [0.5, 0.6) is 0 Å². The number of benzene rings is 1. The number of carbonyl (C=O) groups excluding carboxylic acids is 1. The van der Waals surface area contributed by atoms with Gasteiger partial charge < -0.3 is 14.5 Å². The van der Waals surface area contributed by atoms with Gasteiger partial charge in [-0.1, -0.05) is 30.3 Å². The fourth-order valence-corrected chi connectivity index (χ4v) is 3.75. The van der Waals surface area contributed by atoms with Gasteiger partial charge in [0.25, 0.3) is 0 Å². The SMILES string of the molecule is O=C(CN(C[C@@H]1CCCO1)c1ccnc(-c2ccccc2)n1)N1CCCC1. The van der Waals surface area contributed by atoms with Crippen LogP contribution in [0.1, 0.15) is 25.7 Å². The highest BCUT2D eigenvalue weighted by Gasteiger charge is 2.25. The van der Waals surface area contributed by atoms with Crippen molar-refractivity contribution in [2.75, 3.05) is 37.7 Å². The molecule has 0 aliphatic carbocycles. The fraction of sp³-hybridized carbons (Fsp3) is 0.476. The molecule has 0 radical (unpaired) electrons. The van der Waals surface area contributed by atoms with E-state index in [2.05, 4.69) is 9.88 Å². The maximum Gasteiger partial charge on any atom is 0.242 e. The van der Waals surface area contributed by atoms with Crippen LogP contribution in [0.15, 0.2) is 42.6 Å². The standard InChI is InChI=1S/C21H26N4O2/c26-20(24-12-4-5-13-24)16-25(15-18-9-6-14-27-18)19-10-11-22-21(23-19)17-7-2-1-3-8-17/h1-3,7-8,10-11,18H,4-6,9,12-16H2/t18-/m0/s1. The average Bonchev–Trinajstić information content (AvgIpc) is 3.42. The zero-order valence-corrected chi connectivity index (χ0v) is 15.6. The number of ether oxygens (including phenoxy) is 1. The van der Waals surface area contributed by atoms with E-state index in [4.69, 9.17) is 9.72 Å². The summed E-state index contributed by atoms with van der Waals surface area (Å²) in [6.45, 7) is 3.56. The van der Waals surface area contributed by atoms with Gasteiger partial charge in [-0.2, -0.15) is 0 Å². The Morgan fingerprint density at radius 2 is 1.96 bits per heavy atom. The molecule has 3 heterocycles. The Kier molecular flexibility index (Phi) is 5.63. The third-order valence-electron chi connectivity index (χ3n) is 5.23. The highest BCUT2D eigenvalue weighted by atomic mass is 16.5. The lowest BCUT2D eigenvalue weighted by Crippen LogP contribution is -2.42. The molecule has 0 bridgehead atoms. The fourth-order valence-electron chi connectivity index (χ4n) is 3.75. The van der Waals surface area contributed by atoms with Crippen molar-refractivity contribution in [3.63, 3.8) is 0 Å². The smallest absolute Gasteiger partial charge is 0.242 e. The summed E-state index contributed by atoms with van der Waals surface area (Å²) in [6, 6.07) is 11.8.